The molecule has 0 aromatic carbocycles. The first-order valence-electron chi connectivity index (χ1n) is 7.32. The van der Waals surface area contributed by atoms with Crippen molar-refractivity contribution in [1.82, 2.24) is 9.88 Å². The summed E-state index contributed by atoms with van der Waals surface area (Å²) in [5.41, 5.74) is 0.993. The minimum Gasteiger partial charge on any atom is -0.378 e. The largest absolute Gasteiger partial charge is 0.378 e. The third kappa shape index (κ3) is 2.63. The quantitative estimate of drug-likeness (QED) is 0.814. The summed E-state index contributed by atoms with van der Waals surface area (Å²) in [6.07, 6.45) is 1.97. The highest BCUT2D eigenvalue weighted by atomic mass is 16.5. The van der Waals surface area contributed by atoms with Crippen LogP contribution in [-0.2, 0) is 9.53 Å². The van der Waals surface area contributed by atoms with Crippen LogP contribution in [0, 0.1) is 6.92 Å². The zero-order valence-corrected chi connectivity index (χ0v) is 11.9. The molecule has 108 valence electrons. The number of carbonyl (C=O) groups excluding carboxylic acids is 1. The Morgan fingerprint density at radius 2 is 2.10 bits per heavy atom. The smallest absolute Gasteiger partial charge is 0.245 e. The maximum atomic E-state index is 12.7. The number of ether oxygens (including phenoxy) is 1. The van der Waals surface area contributed by atoms with Crippen molar-refractivity contribution in [2.75, 3.05) is 37.7 Å². The van der Waals surface area contributed by atoms with E-state index < -0.39 is 0 Å². The molecule has 0 unspecified atom stereocenters. The molecule has 1 aromatic heterocycles. The van der Waals surface area contributed by atoms with Crippen LogP contribution in [0.4, 0.5) is 5.82 Å². The van der Waals surface area contributed by atoms with E-state index in [1.807, 2.05) is 30.0 Å². The zero-order valence-electron chi connectivity index (χ0n) is 11.9. The maximum absolute atomic E-state index is 12.7. The minimum atomic E-state index is -0.0533. The fourth-order valence-electron chi connectivity index (χ4n) is 2.98. The molecule has 2 saturated heterocycles. The lowest BCUT2D eigenvalue weighted by Crippen LogP contribution is -2.50. The second kappa shape index (κ2) is 5.79. The Bertz CT molecular complexity index is 486. The van der Waals surface area contributed by atoms with Gasteiger partial charge in [-0.15, -0.1) is 0 Å². The second-order valence-corrected chi connectivity index (χ2v) is 5.43. The van der Waals surface area contributed by atoms with Gasteiger partial charge in [-0.3, -0.25) is 4.79 Å². The van der Waals surface area contributed by atoms with Gasteiger partial charge in [0.05, 0.1) is 13.2 Å². The molecule has 2 aliphatic heterocycles. The van der Waals surface area contributed by atoms with E-state index in [4.69, 9.17) is 4.74 Å². The monoisotopic (exact) mass is 275 g/mol. The molecule has 0 saturated carbocycles. The molecule has 3 heterocycles. The van der Waals surface area contributed by atoms with Crippen molar-refractivity contribution in [3.8, 4) is 0 Å². The number of amides is 1. The first kappa shape index (κ1) is 13.4. The van der Waals surface area contributed by atoms with Gasteiger partial charge in [0.25, 0.3) is 0 Å². The minimum absolute atomic E-state index is 0.0533. The van der Waals surface area contributed by atoms with Crippen molar-refractivity contribution in [2.24, 2.45) is 0 Å². The van der Waals surface area contributed by atoms with Crippen LogP contribution in [0.5, 0.6) is 0 Å². The van der Waals surface area contributed by atoms with Gasteiger partial charge in [0.15, 0.2) is 0 Å². The molecule has 3 rings (SSSR count). The van der Waals surface area contributed by atoms with Crippen LogP contribution in [0.2, 0.25) is 0 Å². The van der Waals surface area contributed by atoms with E-state index in [2.05, 4.69) is 9.88 Å². The number of rotatable bonds is 2. The van der Waals surface area contributed by atoms with Gasteiger partial charge in [-0.1, -0.05) is 6.07 Å². The number of aromatic nitrogens is 1. The summed E-state index contributed by atoms with van der Waals surface area (Å²) >= 11 is 0. The number of morpholine rings is 1. The second-order valence-electron chi connectivity index (χ2n) is 5.43. The molecule has 0 spiro atoms. The predicted molar refractivity (Wildman–Crippen MR) is 76.7 cm³/mol. The first-order chi connectivity index (χ1) is 9.75. The van der Waals surface area contributed by atoms with Gasteiger partial charge in [-0.25, -0.2) is 4.98 Å². The Kier molecular flexibility index (Phi) is 3.87. The lowest BCUT2D eigenvalue weighted by Gasteiger charge is -2.33. The lowest BCUT2D eigenvalue weighted by molar-refractivity contribution is -0.136. The summed E-state index contributed by atoms with van der Waals surface area (Å²) in [5.74, 6) is 1.16. The Morgan fingerprint density at radius 1 is 1.30 bits per heavy atom. The molecule has 0 aliphatic carbocycles. The molecule has 1 aromatic rings. The van der Waals surface area contributed by atoms with Crippen molar-refractivity contribution in [3.63, 3.8) is 0 Å². The Morgan fingerprint density at radius 3 is 2.85 bits per heavy atom. The van der Waals surface area contributed by atoms with E-state index in [0.29, 0.717) is 26.3 Å². The van der Waals surface area contributed by atoms with E-state index in [1.165, 1.54) is 0 Å². The van der Waals surface area contributed by atoms with E-state index in [-0.39, 0.29) is 11.9 Å². The van der Waals surface area contributed by atoms with E-state index in [9.17, 15) is 4.79 Å². The number of anilines is 1. The summed E-state index contributed by atoms with van der Waals surface area (Å²) in [6, 6.07) is 5.94. The molecular formula is C15H21N3O2. The van der Waals surface area contributed by atoms with Crippen LogP contribution in [0.3, 0.4) is 0 Å². The number of hydrogen-bond acceptors (Lipinski definition) is 4. The van der Waals surface area contributed by atoms with Crippen LogP contribution in [0.15, 0.2) is 18.2 Å². The van der Waals surface area contributed by atoms with Gasteiger partial charge in [-0.05, 0) is 31.9 Å². The highest BCUT2D eigenvalue weighted by Gasteiger charge is 2.34. The van der Waals surface area contributed by atoms with Gasteiger partial charge in [0.2, 0.25) is 5.91 Å². The number of aryl methyl sites for hydroxylation is 1. The molecule has 0 radical (unpaired) electrons. The molecule has 1 atom stereocenters. The summed E-state index contributed by atoms with van der Waals surface area (Å²) in [7, 11) is 0. The average molecular weight is 275 g/mol. The Hall–Kier alpha value is -1.62. The number of pyridine rings is 1. The molecule has 5 nitrogen and oxygen atoms in total. The van der Waals surface area contributed by atoms with Gasteiger partial charge in [-0.2, -0.15) is 0 Å². The molecular weight excluding hydrogens is 254 g/mol. The molecule has 0 N–H and O–H groups in total. The summed E-state index contributed by atoms with van der Waals surface area (Å²) in [6.45, 7) is 5.63. The molecule has 5 heteroatoms. The van der Waals surface area contributed by atoms with Gasteiger partial charge < -0.3 is 14.5 Å². The topological polar surface area (TPSA) is 45.7 Å². The molecule has 2 aliphatic rings. The summed E-state index contributed by atoms with van der Waals surface area (Å²) < 4.78 is 5.32. The van der Waals surface area contributed by atoms with E-state index >= 15 is 0 Å². The Labute approximate surface area is 119 Å². The standard InChI is InChI=1S/C15H21N3O2/c1-12-4-2-6-14(16-12)18-7-3-5-13(18)15(19)17-8-10-20-11-9-17/h2,4,6,13H,3,5,7-11H2,1H3/t13-/m1/s1. The number of hydrogen-bond donors (Lipinski definition) is 0. The third-order valence-electron chi connectivity index (χ3n) is 4.03. The molecule has 20 heavy (non-hydrogen) atoms. The van der Waals surface area contributed by atoms with Crippen molar-refractivity contribution in [3.05, 3.63) is 23.9 Å². The fourth-order valence-corrected chi connectivity index (χ4v) is 2.98. The normalized spacial score (nSPS) is 23.1. The fraction of sp³-hybridized carbons (Fsp3) is 0.600. The van der Waals surface area contributed by atoms with Crippen LogP contribution >= 0.6 is 0 Å². The van der Waals surface area contributed by atoms with Crippen molar-refractivity contribution in [2.45, 2.75) is 25.8 Å². The van der Waals surface area contributed by atoms with Crippen LogP contribution in [-0.4, -0.2) is 54.7 Å². The highest BCUT2D eigenvalue weighted by molar-refractivity contribution is 5.85. The third-order valence-corrected chi connectivity index (χ3v) is 4.03. The van der Waals surface area contributed by atoms with Crippen LogP contribution in [0.1, 0.15) is 18.5 Å². The Balaban J connectivity index is 1.76. The van der Waals surface area contributed by atoms with E-state index in [1.54, 1.807) is 0 Å². The number of nitrogens with zero attached hydrogens (tertiary/aromatic N) is 3. The van der Waals surface area contributed by atoms with Crippen molar-refractivity contribution < 1.29 is 9.53 Å². The van der Waals surface area contributed by atoms with Gasteiger partial charge in [0.1, 0.15) is 11.9 Å². The SMILES string of the molecule is Cc1cccc(N2CCC[C@@H]2C(=O)N2CCOCC2)n1. The van der Waals surface area contributed by atoms with Gasteiger partial charge in [0, 0.05) is 25.3 Å². The van der Waals surface area contributed by atoms with E-state index in [0.717, 1.165) is 30.9 Å². The predicted octanol–water partition coefficient (Wildman–Crippen LogP) is 1.22. The average Bonchev–Trinajstić information content (AvgIpc) is 2.97. The first-order valence-corrected chi connectivity index (χ1v) is 7.32. The zero-order chi connectivity index (χ0) is 13.9. The molecule has 1 amide bonds. The maximum Gasteiger partial charge on any atom is 0.245 e. The number of carbonyl (C=O) groups is 1. The van der Waals surface area contributed by atoms with Crippen molar-refractivity contribution in [1.29, 1.82) is 0 Å². The highest BCUT2D eigenvalue weighted by Crippen LogP contribution is 2.25. The summed E-state index contributed by atoms with van der Waals surface area (Å²) in [5, 5.41) is 0. The van der Waals surface area contributed by atoms with Crippen LogP contribution < -0.4 is 4.90 Å². The lowest BCUT2D eigenvalue weighted by atomic mass is 10.2. The molecule has 2 fully saturated rings. The molecule has 0 bridgehead atoms. The van der Waals surface area contributed by atoms with Crippen LogP contribution in [0.25, 0.3) is 0 Å². The summed E-state index contributed by atoms with van der Waals surface area (Å²) in [4.78, 5) is 21.3. The van der Waals surface area contributed by atoms with Crippen molar-refractivity contribution >= 4 is 11.7 Å². The van der Waals surface area contributed by atoms with Gasteiger partial charge >= 0.3 is 0 Å².